The molecule has 7 nitrogen and oxygen atoms in total. The van der Waals surface area contributed by atoms with Crippen LogP contribution in [0.2, 0.25) is 0 Å². The predicted octanol–water partition coefficient (Wildman–Crippen LogP) is 2.38. The number of rotatable bonds is 4. The number of amides is 1. The number of aromatic nitrogens is 3. The van der Waals surface area contributed by atoms with E-state index in [1.54, 1.807) is 17.3 Å². The van der Waals surface area contributed by atoms with E-state index in [9.17, 15) is 9.90 Å². The highest BCUT2D eigenvalue weighted by atomic mass is 32.1. The van der Waals surface area contributed by atoms with Crippen LogP contribution < -0.4 is 5.32 Å². The lowest BCUT2D eigenvalue weighted by atomic mass is 10.1. The third-order valence-electron chi connectivity index (χ3n) is 4.38. The summed E-state index contributed by atoms with van der Waals surface area (Å²) in [6.07, 6.45) is 3.08. The first-order valence-corrected chi connectivity index (χ1v) is 9.25. The number of aryl methyl sites for hydroxylation is 1. The molecule has 0 saturated carbocycles. The van der Waals surface area contributed by atoms with E-state index in [0.29, 0.717) is 24.7 Å². The molecule has 1 fully saturated rings. The van der Waals surface area contributed by atoms with E-state index >= 15 is 0 Å². The number of anilines is 1. The lowest BCUT2D eigenvalue weighted by Gasteiger charge is -2.35. The lowest BCUT2D eigenvalue weighted by molar-refractivity contribution is 0.00567. The number of carbonyl (C=O) groups is 1. The maximum Gasteiger partial charge on any atom is 0.274 e. The molecule has 26 heavy (non-hydrogen) atoms. The molecule has 4 rings (SSSR count). The number of β-amino-alcohol motifs (C(OH)–C–C–N with tert-alkyl or cyclic N) is 1. The van der Waals surface area contributed by atoms with Gasteiger partial charge in [-0.3, -0.25) is 9.78 Å². The molecular formula is C18H19N5O2S. The summed E-state index contributed by atoms with van der Waals surface area (Å²) in [5, 5.41) is 12.7. The monoisotopic (exact) mass is 369 g/mol. The Labute approximate surface area is 154 Å². The van der Waals surface area contributed by atoms with Crippen LogP contribution in [0, 0.1) is 6.92 Å². The Morgan fingerprint density at radius 3 is 2.92 bits per heavy atom. The first-order valence-electron chi connectivity index (χ1n) is 8.43. The van der Waals surface area contributed by atoms with Crippen molar-refractivity contribution in [2.75, 3.05) is 18.4 Å². The smallest absolute Gasteiger partial charge is 0.274 e. The Kier molecular flexibility index (Phi) is 4.29. The van der Waals surface area contributed by atoms with Gasteiger partial charge in [0.15, 0.2) is 5.69 Å². The van der Waals surface area contributed by atoms with E-state index in [0.717, 1.165) is 20.7 Å². The molecule has 0 radical (unpaired) electrons. The largest absolute Gasteiger partial charge is 0.389 e. The highest BCUT2D eigenvalue weighted by Gasteiger charge is 2.32. The van der Waals surface area contributed by atoms with Gasteiger partial charge >= 0.3 is 0 Å². The van der Waals surface area contributed by atoms with Gasteiger partial charge in [0.2, 0.25) is 5.95 Å². The summed E-state index contributed by atoms with van der Waals surface area (Å²) < 4.78 is 0.786. The maximum absolute atomic E-state index is 12.8. The highest BCUT2D eigenvalue weighted by Crippen LogP contribution is 2.29. The van der Waals surface area contributed by atoms with Crippen molar-refractivity contribution in [3.8, 4) is 0 Å². The number of pyridine rings is 1. The van der Waals surface area contributed by atoms with Gasteiger partial charge in [0.25, 0.3) is 5.91 Å². The molecule has 4 heterocycles. The number of nitrogens with one attached hydrogen (secondary N) is 1. The summed E-state index contributed by atoms with van der Waals surface area (Å²) in [6, 6.07) is 5.77. The summed E-state index contributed by atoms with van der Waals surface area (Å²) in [4.78, 5) is 28.7. The molecule has 0 aliphatic carbocycles. The van der Waals surface area contributed by atoms with Crippen LogP contribution in [0.25, 0.3) is 10.2 Å². The van der Waals surface area contributed by atoms with Crippen LogP contribution in [-0.2, 0) is 0 Å². The number of hydrogen-bond acceptors (Lipinski definition) is 7. The van der Waals surface area contributed by atoms with Gasteiger partial charge in [-0.1, -0.05) is 6.07 Å². The number of nitrogens with zero attached hydrogens (tertiary/aromatic N) is 4. The SMILES string of the molecule is Cc1cc2nc(N[C@@H](C)c3cccnc3)nc(C(=O)N3CC(O)C3)c2s1. The molecule has 1 saturated heterocycles. The van der Waals surface area contributed by atoms with Crippen molar-refractivity contribution in [3.63, 3.8) is 0 Å². The molecule has 1 atom stereocenters. The zero-order valence-corrected chi connectivity index (χ0v) is 15.3. The van der Waals surface area contributed by atoms with Gasteiger partial charge in [-0.25, -0.2) is 9.97 Å². The van der Waals surface area contributed by atoms with Crippen molar-refractivity contribution >= 4 is 33.4 Å². The number of aliphatic hydroxyl groups is 1. The van der Waals surface area contributed by atoms with Gasteiger partial charge in [-0.05, 0) is 31.5 Å². The Morgan fingerprint density at radius 1 is 1.42 bits per heavy atom. The summed E-state index contributed by atoms with van der Waals surface area (Å²) in [5.74, 6) is 0.248. The quantitative estimate of drug-likeness (QED) is 0.734. The highest BCUT2D eigenvalue weighted by molar-refractivity contribution is 7.19. The molecular weight excluding hydrogens is 350 g/mol. The van der Waals surface area contributed by atoms with E-state index in [1.807, 2.05) is 32.0 Å². The number of likely N-dealkylation sites (tertiary alicyclic amines) is 1. The Hall–Kier alpha value is -2.58. The van der Waals surface area contributed by atoms with Gasteiger partial charge < -0.3 is 15.3 Å². The predicted molar refractivity (Wildman–Crippen MR) is 100 cm³/mol. The van der Waals surface area contributed by atoms with Crippen LogP contribution >= 0.6 is 11.3 Å². The van der Waals surface area contributed by atoms with E-state index in [2.05, 4.69) is 20.3 Å². The molecule has 0 spiro atoms. The van der Waals surface area contributed by atoms with Crippen molar-refractivity contribution < 1.29 is 9.90 Å². The minimum Gasteiger partial charge on any atom is -0.389 e. The summed E-state index contributed by atoms with van der Waals surface area (Å²) in [6.45, 7) is 4.68. The third kappa shape index (κ3) is 3.13. The zero-order valence-electron chi connectivity index (χ0n) is 14.5. The van der Waals surface area contributed by atoms with Crippen molar-refractivity contribution in [2.45, 2.75) is 26.0 Å². The summed E-state index contributed by atoms with van der Waals surface area (Å²) in [7, 11) is 0. The summed E-state index contributed by atoms with van der Waals surface area (Å²) in [5.41, 5.74) is 2.16. The number of thiophene rings is 1. The third-order valence-corrected chi connectivity index (χ3v) is 5.42. The average molecular weight is 369 g/mol. The normalized spacial score (nSPS) is 15.7. The fourth-order valence-corrected chi connectivity index (χ4v) is 3.87. The van der Waals surface area contributed by atoms with Gasteiger partial charge in [0, 0.05) is 30.4 Å². The van der Waals surface area contributed by atoms with E-state index < -0.39 is 6.10 Å². The molecule has 3 aromatic rings. The summed E-state index contributed by atoms with van der Waals surface area (Å²) >= 11 is 1.51. The van der Waals surface area contributed by atoms with Crippen molar-refractivity contribution in [1.82, 2.24) is 19.9 Å². The van der Waals surface area contributed by atoms with Gasteiger partial charge in [-0.2, -0.15) is 0 Å². The van der Waals surface area contributed by atoms with Crippen LogP contribution in [0.4, 0.5) is 5.95 Å². The lowest BCUT2D eigenvalue weighted by Crippen LogP contribution is -2.53. The molecule has 1 aliphatic rings. The molecule has 0 unspecified atom stereocenters. The zero-order chi connectivity index (χ0) is 18.3. The Bertz CT molecular complexity index is 953. The number of fused-ring (bicyclic) bond motifs is 1. The molecule has 0 bridgehead atoms. The van der Waals surface area contributed by atoms with Crippen LogP contribution in [0.5, 0.6) is 0 Å². The molecule has 3 aromatic heterocycles. The minimum atomic E-state index is -0.440. The first-order chi connectivity index (χ1) is 12.5. The average Bonchev–Trinajstić information content (AvgIpc) is 2.98. The molecule has 134 valence electrons. The van der Waals surface area contributed by atoms with E-state index in [-0.39, 0.29) is 11.9 Å². The second-order valence-corrected chi connectivity index (χ2v) is 7.74. The second-order valence-electron chi connectivity index (χ2n) is 6.48. The number of carbonyl (C=O) groups excluding carboxylic acids is 1. The fraction of sp³-hybridized carbons (Fsp3) is 0.333. The number of aliphatic hydroxyl groups excluding tert-OH is 1. The molecule has 1 amide bonds. The molecule has 2 N–H and O–H groups in total. The topological polar surface area (TPSA) is 91.2 Å². The standard InChI is InChI=1S/C18H19N5O2S/c1-10-6-14-16(26-10)15(17(25)23-8-13(24)9-23)22-18(21-14)20-11(2)12-4-3-5-19-7-12/h3-7,11,13,24H,8-9H2,1-2H3,(H,20,21,22)/t11-/m0/s1. The van der Waals surface area contributed by atoms with Crippen molar-refractivity contribution in [3.05, 3.63) is 46.7 Å². The van der Waals surface area contributed by atoms with Gasteiger partial charge in [0.05, 0.1) is 22.4 Å². The fourth-order valence-electron chi connectivity index (χ4n) is 2.94. The maximum atomic E-state index is 12.8. The molecule has 1 aliphatic heterocycles. The van der Waals surface area contributed by atoms with Crippen LogP contribution in [-0.4, -0.2) is 50.1 Å². The minimum absolute atomic E-state index is 0.0466. The van der Waals surface area contributed by atoms with Gasteiger partial charge in [0.1, 0.15) is 0 Å². The van der Waals surface area contributed by atoms with Crippen molar-refractivity contribution in [2.24, 2.45) is 0 Å². The van der Waals surface area contributed by atoms with Crippen LogP contribution in [0.15, 0.2) is 30.6 Å². The Balaban J connectivity index is 1.68. The first kappa shape index (κ1) is 16.9. The molecule has 0 aromatic carbocycles. The van der Waals surface area contributed by atoms with Crippen molar-refractivity contribution in [1.29, 1.82) is 0 Å². The molecule has 8 heteroatoms. The number of hydrogen-bond donors (Lipinski definition) is 2. The van der Waals surface area contributed by atoms with Crippen LogP contribution in [0.1, 0.15) is 33.9 Å². The van der Waals surface area contributed by atoms with E-state index in [4.69, 9.17) is 0 Å². The second kappa shape index (κ2) is 6.62. The van der Waals surface area contributed by atoms with E-state index in [1.165, 1.54) is 11.3 Å². The Morgan fingerprint density at radius 2 is 2.23 bits per heavy atom. The van der Waals surface area contributed by atoms with Crippen LogP contribution in [0.3, 0.4) is 0 Å². The van der Waals surface area contributed by atoms with Gasteiger partial charge in [-0.15, -0.1) is 11.3 Å².